The molecule has 2 rings (SSSR count). The van der Waals surface area contributed by atoms with Crippen LogP contribution in [0.3, 0.4) is 0 Å². The van der Waals surface area contributed by atoms with Crippen molar-refractivity contribution in [1.29, 1.82) is 0 Å². The van der Waals surface area contributed by atoms with Crippen LogP contribution in [0.5, 0.6) is 0 Å². The summed E-state index contributed by atoms with van der Waals surface area (Å²) in [7, 11) is 0. The molecule has 0 aliphatic carbocycles. The summed E-state index contributed by atoms with van der Waals surface area (Å²) in [6, 6.07) is 0. The lowest BCUT2D eigenvalue weighted by atomic mass is 10.1. The van der Waals surface area contributed by atoms with Gasteiger partial charge in [0.2, 0.25) is 0 Å². The third-order valence-corrected chi connectivity index (χ3v) is 3.60. The van der Waals surface area contributed by atoms with Crippen LogP contribution in [0.2, 0.25) is 0 Å². The zero-order chi connectivity index (χ0) is 11.7. The van der Waals surface area contributed by atoms with Crippen LogP contribution < -0.4 is 5.73 Å². The number of nitrogen functional groups attached to an aromatic ring is 1. The van der Waals surface area contributed by atoms with Crippen molar-refractivity contribution in [3.63, 3.8) is 0 Å². The molecular formula is C11H15N3OS. The highest BCUT2D eigenvalue weighted by Gasteiger charge is 2.17. The Morgan fingerprint density at radius 2 is 2.12 bits per heavy atom. The molecule has 2 heterocycles. The average Bonchev–Trinajstić information content (AvgIpc) is 2.75. The fraction of sp³-hybridized carbons (Fsp3) is 0.455. The molecule has 0 aliphatic rings. The maximum Gasteiger partial charge on any atom is 0.261 e. The van der Waals surface area contributed by atoms with Crippen LogP contribution in [-0.4, -0.2) is 10.1 Å². The van der Waals surface area contributed by atoms with Gasteiger partial charge in [0.25, 0.3) is 5.89 Å². The second kappa shape index (κ2) is 4.25. The zero-order valence-corrected chi connectivity index (χ0v) is 10.5. The Kier molecular flexibility index (Phi) is 2.96. The lowest BCUT2D eigenvalue weighted by Gasteiger charge is -1.94. The summed E-state index contributed by atoms with van der Waals surface area (Å²) in [5.41, 5.74) is 7.98. The molecule has 0 atom stereocenters. The molecular weight excluding hydrogens is 222 g/mol. The van der Waals surface area contributed by atoms with Crippen molar-refractivity contribution < 1.29 is 4.52 Å². The highest BCUT2D eigenvalue weighted by atomic mass is 32.1. The summed E-state index contributed by atoms with van der Waals surface area (Å²) in [6.07, 6.45) is 1.85. The number of thiophene rings is 1. The van der Waals surface area contributed by atoms with Crippen LogP contribution in [0.4, 0.5) is 5.00 Å². The number of aryl methyl sites for hydroxylation is 2. The van der Waals surface area contributed by atoms with Gasteiger partial charge >= 0.3 is 0 Å². The maximum absolute atomic E-state index is 5.95. The molecule has 0 aromatic carbocycles. The van der Waals surface area contributed by atoms with Gasteiger partial charge in [0.15, 0.2) is 5.82 Å². The van der Waals surface area contributed by atoms with Crippen LogP contribution in [0.1, 0.15) is 29.6 Å². The summed E-state index contributed by atoms with van der Waals surface area (Å²) < 4.78 is 5.24. The molecule has 0 aliphatic heterocycles. The monoisotopic (exact) mass is 237 g/mol. The highest BCUT2D eigenvalue weighted by molar-refractivity contribution is 7.16. The van der Waals surface area contributed by atoms with Crippen molar-refractivity contribution >= 4 is 16.3 Å². The second-order valence-electron chi connectivity index (χ2n) is 3.79. The summed E-state index contributed by atoms with van der Waals surface area (Å²) in [5.74, 6) is 1.29. The molecule has 0 unspecified atom stereocenters. The van der Waals surface area contributed by atoms with Crippen LogP contribution in [-0.2, 0) is 6.42 Å². The van der Waals surface area contributed by atoms with Gasteiger partial charge in [0, 0.05) is 11.3 Å². The lowest BCUT2D eigenvalue weighted by molar-refractivity contribution is 0.422. The van der Waals surface area contributed by atoms with E-state index in [1.165, 1.54) is 4.88 Å². The van der Waals surface area contributed by atoms with Gasteiger partial charge in [0.05, 0.1) is 10.6 Å². The van der Waals surface area contributed by atoms with E-state index in [1.54, 1.807) is 11.3 Å². The molecule has 0 bridgehead atoms. The van der Waals surface area contributed by atoms with Gasteiger partial charge in [-0.15, -0.1) is 11.3 Å². The molecule has 2 aromatic rings. The molecule has 86 valence electrons. The molecule has 0 spiro atoms. The molecule has 0 saturated heterocycles. The van der Waals surface area contributed by atoms with Crippen LogP contribution in [0, 0.1) is 13.8 Å². The van der Waals surface area contributed by atoms with E-state index in [2.05, 4.69) is 17.1 Å². The van der Waals surface area contributed by atoms with E-state index in [0.29, 0.717) is 5.89 Å². The van der Waals surface area contributed by atoms with E-state index >= 15 is 0 Å². The van der Waals surface area contributed by atoms with E-state index in [0.717, 1.165) is 34.8 Å². The largest absolute Gasteiger partial charge is 0.390 e. The lowest BCUT2D eigenvalue weighted by Crippen LogP contribution is -1.88. The van der Waals surface area contributed by atoms with Gasteiger partial charge in [-0.1, -0.05) is 12.1 Å². The fourth-order valence-corrected chi connectivity index (χ4v) is 2.53. The smallest absolute Gasteiger partial charge is 0.261 e. The molecule has 5 heteroatoms. The Bertz CT molecular complexity index is 501. The Hall–Kier alpha value is -1.36. The van der Waals surface area contributed by atoms with Gasteiger partial charge in [-0.2, -0.15) is 4.98 Å². The van der Waals surface area contributed by atoms with Gasteiger partial charge in [-0.05, 0) is 25.8 Å². The van der Waals surface area contributed by atoms with E-state index in [1.807, 2.05) is 13.8 Å². The standard InChI is InChI=1S/C11H15N3OS/c1-4-5-8-13-11(15-14-8)9-6(2)7(3)16-10(9)12/h4-5,12H2,1-3H3. The maximum atomic E-state index is 5.95. The van der Waals surface area contributed by atoms with Gasteiger partial charge in [-0.25, -0.2) is 0 Å². The van der Waals surface area contributed by atoms with Gasteiger partial charge < -0.3 is 10.3 Å². The minimum atomic E-state index is 0.544. The Balaban J connectivity index is 2.42. The van der Waals surface area contributed by atoms with Gasteiger partial charge in [-0.3, -0.25) is 0 Å². The van der Waals surface area contributed by atoms with Crippen LogP contribution in [0.15, 0.2) is 4.52 Å². The average molecular weight is 237 g/mol. The topological polar surface area (TPSA) is 64.9 Å². The summed E-state index contributed by atoms with van der Waals surface area (Å²) in [6.45, 7) is 6.16. The normalized spacial score (nSPS) is 10.9. The summed E-state index contributed by atoms with van der Waals surface area (Å²) >= 11 is 1.56. The fourth-order valence-electron chi connectivity index (χ4n) is 1.60. The van der Waals surface area contributed by atoms with Gasteiger partial charge in [0.1, 0.15) is 0 Å². The van der Waals surface area contributed by atoms with E-state index in [4.69, 9.17) is 10.3 Å². The molecule has 2 aromatic heterocycles. The number of aromatic nitrogens is 2. The summed E-state index contributed by atoms with van der Waals surface area (Å²) in [5, 5.41) is 4.69. The van der Waals surface area contributed by atoms with Crippen molar-refractivity contribution in [2.75, 3.05) is 5.73 Å². The number of nitrogens with zero attached hydrogens (tertiary/aromatic N) is 2. The molecule has 2 N–H and O–H groups in total. The third kappa shape index (κ3) is 1.82. The molecule has 0 fully saturated rings. The molecule has 16 heavy (non-hydrogen) atoms. The van der Waals surface area contributed by atoms with Crippen LogP contribution in [0.25, 0.3) is 11.5 Å². The van der Waals surface area contributed by atoms with E-state index in [9.17, 15) is 0 Å². The SMILES string of the molecule is CCCc1noc(-c2c(N)sc(C)c2C)n1. The molecule has 0 amide bonds. The van der Waals surface area contributed by atoms with Crippen LogP contribution >= 0.6 is 11.3 Å². The summed E-state index contributed by atoms with van der Waals surface area (Å²) in [4.78, 5) is 5.55. The Morgan fingerprint density at radius 1 is 1.38 bits per heavy atom. The van der Waals surface area contributed by atoms with Crippen molar-refractivity contribution in [1.82, 2.24) is 10.1 Å². The highest BCUT2D eigenvalue weighted by Crippen LogP contribution is 2.37. The number of hydrogen-bond donors (Lipinski definition) is 1. The number of anilines is 1. The Labute approximate surface area is 98.5 Å². The third-order valence-electron chi connectivity index (χ3n) is 2.57. The first-order valence-electron chi connectivity index (χ1n) is 5.32. The predicted octanol–water partition coefficient (Wildman–Crippen LogP) is 2.95. The zero-order valence-electron chi connectivity index (χ0n) is 9.70. The number of nitrogens with two attached hydrogens (primary N) is 1. The first-order valence-corrected chi connectivity index (χ1v) is 6.13. The number of hydrogen-bond acceptors (Lipinski definition) is 5. The minimum absolute atomic E-state index is 0.544. The predicted molar refractivity (Wildman–Crippen MR) is 65.5 cm³/mol. The molecule has 4 nitrogen and oxygen atoms in total. The first kappa shape index (κ1) is 11.1. The quantitative estimate of drug-likeness (QED) is 0.891. The number of rotatable bonds is 3. The molecule has 0 radical (unpaired) electrons. The van der Waals surface area contributed by atoms with Crippen molar-refractivity contribution in [3.05, 3.63) is 16.3 Å². The van der Waals surface area contributed by atoms with E-state index in [-0.39, 0.29) is 0 Å². The van der Waals surface area contributed by atoms with Crippen molar-refractivity contribution in [3.8, 4) is 11.5 Å². The van der Waals surface area contributed by atoms with E-state index < -0.39 is 0 Å². The molecule has 0 saturated carbocycles. The Morgan fingerprint density at radius 3 is 2.69 bits per heavy atom. The van der Waals surface area contributed by atoms with Crippen molar-refractivity contribution in [2.45, 2.75) is 33.6 Å². The van der Waals surface area contributed by atoms with Crippen molar-refractivity contribution in [2.24, 2.45) is 0 Å². The minimum Gasteiger partial charge on any atom is -0.390 e. The first-order chi connectivity index (χ1) is 7.63. The second-order valence-corrected chi connectivity index (χ2v) is 5.04.